The van der Waals surface area contributed by atoms with E-state index in [9.17, 15) is 4.79 Å². The van der Waals surface area contributed by atoms with Gasteiger partial charge in [-0.25, -0.2) is 0 Å². The molecule has 0 heterocycles. The fourth-order valence-electron chi connectivity index (χ4n) is 3.83. The first-order chi connectivity index (χ1) is 8.61. The van der Waals surface area contributed by atoms with Crippen LogP contribution in [-0.2, 0) is 4.79 Å². The van der Waals surface area contributed by atoms with Crippen molar-refractivity contribution in [2.75, 3.05) is 6.54 Å². The van der Waals surface area contributed by atoms with Gasteiger partial charge >= 0.3 is 0 Å². The van der Waals surface area contributed by atoms with E-state index in [2.05, 4.69) is 19.2 Å². The van der Waals surface area contributed by atoms with E-state index in [1.54, 1.807) is 0 Å². The van der Waals surface area contributed by atoms with E-state index in [1.165, 1.54) is 12.8 Å². The highest BCUT2D eigenvalue weighted by molar-refractivity contribution is 5.85. The Morgan fingerprint density at radius 1 is 1.21 bits per heavy atom. The summed E-state index contributed by atoms with van der Waals surface area (Å²) in [5, 5.41) is 3.30. The zero-order valence-corrected chi connectivity index (χ0v) is 13.0. The Bertz CT molecular complexity index is 298. The predicted molar refractivity (Wildman–Crippen MR) is 81.2 cm³/mol. The SMILES string of the molecule is CC1CCC(NC(=O)[C@@H]2CCC[C@@H]2CN)C(C)C1.Cl. The highest BCUT2D eigenvalue weighted by Crippen LogP contribution is 2.33. The average Bonchev–Trinajstić information content (AvgIpc) is 2.81. The van der Waals surface area contributed by atoms with Crippen LogP contribution < -0.4 is 11.1 Å². The molecule has 0 aliphatic heterocycles. The van der Waals surface area contributed by atoms with Gasteiger partial charge in [0.2, 0.25) is 5.91 Å². The molecule has 2 saturated carbocycles. The molecule has 3 unspecified atom stereocenters. The number of carbonyl (C=O) groups excluding carboxylic acids is 1. The Morgan fingerprint density at radius 3 is 2.58 bits per heavy atom. The molecule has 2 aliphatic carbocycles. The lowest BCUT2D eigenvalue weighted by atomic mass is 9.79. The number of amides is 1. The Labute approximate surface area is 123 Å². The summed E-state index contributed by atoms with van der Waals surface area (Å²) >= 11 is 0. The molecule has 2 aliphatic rings. The molecule has 19 heavy (non-hydrogen) atoms. The molecule has 112 valence electrons. The van der Waals surface area contributed by atoms with Gasteiger partial charge in [0.05, 0.1) is 0 Å². The van der Waals surface area contributed by atoms with Crippen LogP contribution in [0.25, 0.3) is 0 Å². The number of carbonyl (C=O) groups is 1. The second-order valence-electron chi connectivity index (χ2n) is 6.54. The van der Waals surface area contributed by atoms with Gasteiger partial charge in [-0.3, -0.25) is 4.79 Å². The first-order valence-corrected chi connectivity index (χ1v) is 7.62. The van der Waals surface area contributed by atoms with Crippen molar-refractivity contribution in [3.63, 3.8) is 0 Å². The molecule has 5 atom stereocenters. The minimum atomic E-state index is 0. The quantitative estimate of drug-likeness (QED) is 0.839. The van der Waals surface area contributed by atoms with Crippen molar-refractivity contribution in [1.82, 2.24) is 5.32 Å². The third-order valence-corrected chi connectivity index (χ3v) is 5.06. The third kappa shape index (κ3) is 4.09. The van der Waals surface area contributed by atoms with Crippen LogP contribution in [0.2, 0.25) is 0 Å². The Balaban J connectivity index is 0.00000180. The molecule has 3 nitrogen and oxygen atoms in total. The van der Waals surface area contributed by atoms with Gasteiger partial charge in [0.1, 0.15) is 0 Å². The predicted octanol–water partition coefficient (Wildman–Crippen LogP) is 2.72. The molecule has 0 aromatic rings. The summed E-state index contributed by atoms with van der Waals surface area (Å²) in [6.45, 7) is 5.25. The maximum Gasteiger partial charge on any atom is 0.223 e. The lowest BCUT2D eigenvalue weighted by Gasteiger charge is -2.34. The zero-order chi connectivity index (χ0) is 13.1. The van der Waals surface area contributed by atoms with E-state index >= 15 is 0 Å². The van der Waals surface area contributed by atoms with Gasteiger partial charge in [0, 0.05) is 12.0 Å². The first-order valence-electron chi connectivity index (χ1n) is 7.62. The normalized spacial score (nSPS) is 38.6. The third-order valence-electron chi connectivity index (χ3n) is 5.06. The summed E-state index contributed by atoms with van der Waals surface area (Å²) in [6.07, 6.45) is 6.97. The van der Waals surface area contributed by atoms with E-state index in [1.807, 2.05) is 0 Å². The summed E-state index contributed by atoms with van der Waals surface area (Å²) in [4.78, 5) is 12.3. The summed E-state index contributed by atoms with van der Waals surface area (Å²) in [7, 11) is 0. The number of nitrogens with two attached hydrogens (primary N) is 1. The number of rotatable bonds is 3. The number of halogens is 1. The van der Waals surface area contributed by atoms with E-state index in [-0.39, 0.29) is 24.2 Å². The summed E-state index contributed by atoms with van der Waals surface area (Å²) < 4.78 is 0. The average molecular weight is 289 g/mol. The molecule has 0 aromatic carbocycles. The van der Waals surface area contributed by atoms with Crippen LogP contribution in [0, 0.1) is 23.7 Å². The lowest BCUT2D eigenvalue weighted by Crippen LogP contribution is -2.46. The van der Waals surface area contributed by atoms with Crippen molar-refractivity contribution in [2.45, 2.75) is 58.4 Å². The minimum Gasteiger partial charge on any atom is -0.353 e. The first kappa shape index (κ1) is 16.8. The van der Waals surface area contributed by atoms with Gasteiger partial charge in [-0.2, -0.15) is 0 Å². The van der Waals surface area contributed by atoms with Crippen LogP contribution in [0.3, 0.4) is 0 Å². The summed E-state index contributed by atoms with van der Waals surface area (Å²) in [5.74, 6) is 2.31. The molecule has 0 radical (unpaired) electrons. The molecule has 4 heteroatoms. The summed E-state index contributed by atoms with van der Waals surface area (Å²) in [6, 6.07) is 0.396. The Kier molecular flexibility index (Phi) is 6.61. The smallest absolute Gasteiger partial charge is 0.223 e. The standard InChI is InChI=1S/C15H28N2O.ClH/c1-10-6-7-14(11(2)8-10)17-15(18)13-5-3-4-12(13)9-16;/h10-14H,3-9,16H2,1-2H3,(H,17,18);1H/t10?,11?,12-,13-,14?;/m1./s1. The molecule has 3 N–H and O–H groups in total. The topological polar surface area (TPSA) is 55.1 Å². The monoisotopic (exact) mass is 288 g/mol. The van der Waals surface area contributed by atoms with Crippen molar-refractivity contribution >= 4 is 18.3 Å². The van der Waals surface area contributed by atoms with Crippen LogP contribution in [0.1, 0.15) is 52.4 Å². The van der Waals surface area contributed by atoms with Crippen LogP contribution in [0.15, 0.2) is 0 Å². The summed E-state index contributed by atoms with van der Waals surface area (Å²) in [5.41, 5.74) is 5.76. The molecule has 0 spiro atoms. The Hall–Kier alpha value is -0.280. The van der Waals surface area contributed by atoms with Crippen molar-refractivity contribution in [1.29, 1.82) is 0 Å². The Morgan fingerprint density at radius 2 is 1.95 bits per heavy atom. The van der Waals surface area contributed by atoms with Crippen LogP contribution in [0.5, 0.6) is 0 Å². The van der Waals surface area contributed by atoms with Gasteiger partial charge < -0.3 is 11.1 Å². The highest BCUT2D eigenvalue weighted by atomic mass is 35.5. The second-order valence-corrected chi connectivity index (χ2v) is 6.54. The molecule has 2 rings (SSSR count). The van der Waals surface area contributed by atoms with Gasteiger partial charge in [-0.15, -0.1) is 12.4 Å². The molecule has 1 amide bonds. The minimum absolute atomic E-state index is 0. The molecule has 2 fully saturated rings. The molecule has 0 aromatic heterocycles. The molecule has 0 bridgehead atoms. The van der Waals surface area contributed by atoms with Crippen molar-refractivity contribution in [3.8, 4) is 0 Å². The molecular formula is C15H29ClN2O. The van der Waals surface area contributed by atoms with E-state index in [0.717, 1.165) is 31.6 Å². The second kappa shape index (κ2) is 7.49. The van der Waals surface area contributed by atoms with Crippen LogP contribution >= 0.6 is 12.4 Å². The molecular weight excluding hydrogens is 260 g/mol. The van der Waals surface area contributed by atoms with Gasteiger partial charge in [-0.1, -0.05) is 20.3 Å². The lowest BCUT2D eigenvalue weighted by molar-refractivity contribution is -0.127. The zero-order valence-electron chi connectivity index (χ0n) is 12.2. The fourth-order valence-corrected chi connectivity index (χ4v) is 3.83. The van der Waals surface area contributed by atoms with Crippen molar-refractivity contribution in [3.05, 3.63) is 0 Å². The van der Waals surface area contributed by atoms with Crippen molar-refractivity contribution in [2.24, 2.45) is 29.4 Å². The van der Waals surface area contributed by atoms with Crippen molar-refractivity contribution < 1.29 is 4.79 Å². The van der Waals surface area contributed by atoms with E-state index in [0.29, 0.717) is 24.4 Å². The van der Waals surface area contributed by atoms with Gasteiger partial charge in [0.25, 0.3) is 0 Å². The maximum atomic E-state index is 12.3. The van der Waals surface area contributed by atoms with Crippen LogP contribution in [-0.4, -0.2) is 18.5 Å². The van der Waals surface area contributed by atoms with Gasteiger partial charge in [-0.05, 0) is 56.4 Å². The van der Waals surface area contributed by atoms with E-state index < -0.39 is 0 Å². The highest BCUT2D eigenvalue weighted by Gasteiger charge is 2.34. The van der Waals surface area contributed by atoms with E-state index in [4.69, 9.17) is 5.73 Å². The fraction of sp³-hybridized carbons (Fsp3) is 0.933. The van der Waals surface area contributed by atoms with Gasteiger partial charge in [0.15, 0.2) is 0 Å². The number of hydrogen-bond donors (Lipinski definition) is 2. The largest absolute Gasteiger partial charge is 0.353 e. The molecule has 0 saturated heterocycles. The van der Waals surface area contributed by atoms with Crippen LogP contribution in [0.4, 0.5) is 0 Å². The number of nitrogens with one attached hydrogen (secondary N) is 1. The maximum absolute atomic E-state index is 12.3. The number of hydrogen-bond acceptors (Lipinski definition) is 2.